The number of carbonyl (C=O) groups excluding carboxylic acids is 1. The number of para-hydroxylation sites is 1. The van der Waals surface area contributed by atoms with Crippen molar-refractivity contribution in [2.75, 3.05) is 23.3 Å². The average Bonchev–Trinajstić information content (AvgIpc) is 3.00. The lowest BCUT2D eigenvalue weighted by Gasteiger charge is -2.12. The van der Waals surface area contributed by atoms with Crippen molar-refractivity contribution in [2.24, 2.45) is 7.05 Å². The van der Waals surface area contributed by atoms with E-state index < -0.39 is 10.0 Å². The van der Waals surface area contributed by atoms with Gasteiger partial charge in [0, 0.05) is 48.0 Å². The van der Waals surface area contributed by atoms with E-state index in [4.69, 9.17) is 9.47 Å². The number of fused-ring (bicyclic) bond motifs is 2. The summed E-state index contributed by atoms with van der Waals surface area (Å²) in [6, 6.07) is 18.7. The molecule has 8 nitrogen and oxygen atoms in total. The normalized spacial score (nSPS) is 13.3. The molecule has 0 saturated carbocycles. The second-order valence-corrected chi connectivity index (χ2v) is 9.65. The fourth-order valence-corrected chi connectivity index (χ4v) is 4.94. The fraction of sp³-hybridized carbons (Fsp3) is 0.160. The van der Waals surface area contributed by atoms with Gasteiger partial charge < -0.3 is 19.4 Å². The third-order valence-corrected chi connectivity index (χ3v) is 6.94. The van der Waals surface area contributed by atoms with Crippen molar-refractivity contribution >= 4 is 38.2 Å². The lowest BCUT2D eigenvalue weighted by molar-refractivity contribution is 0.102. The number of sulfonamides is 1. The predicted molar refractivity (Wildman–Crippen MR) is 130 cm³/mol. The lowest BCUT2D eigenvalue weighted by atomic mass is 10.1. The number of anilines is 2. The van der Waals surface area contributed by atoms with E-state index in [1.54, 1.807) is 36.5 Å². The number of aryl methyl sites for hydroxylation is 1. The number of benzene rings is 3. The molecular weight excluding hydrogens is 454 g/mol. The summed E-state index contributed by atoms with van der Waals surface area (Å²) in [7, 11) is -1.94. The van der Waals surface area contributed by atoms with Crippen LogP contribution in [0.5, 0.6) is 11.5 Å². The first kappa shape index (κ1) is 21.8. The Balaban J connectivity index is 1.30. The summed E-state index contributed by atoms with van der Waals surface area (Å²) in [4.78, 5) is 12.9. The van der Waals surface area contributed by atoms with Crippen molar-refractivity contribution < 1.29 is 22.7 Å². The Hall–Kier alpha value is -3.98. The van der Waals surface area contributed by atoms with E-state index in [-0.39, 0.29) is 10.8 Å². The van der Waals surface area contributed by atoms with Crippen molar-refractivity contribution in [3.63, 3.8) is 0 Å². The van der Waals surface area contributed by atoms with Gasteiger partial charge in [-0.3, -0.25) is 9.52 Å². The van der Waals surface area contributed by atoms with Crippen LogP contribution in [0.15, 0.2) is 77.8 Å². The van der Waals surface area contributed by atoms with E-state index in [1.807, 2.05) is 35.9 Å². The molecule has 0 bridgehead atoms. The molecule has 0 radical (unpaired) electrons. The topological polar surface area (TPSA) is 98.7 Å². The molecule has 1 aliphatic rings. The Kier molecular flexibility index (Phi) is 5.62. The molecular formula is C25H23N3O5S. The first-order valence-corrected chi connectivity index (χ1v) is 12.3. The van der Waals surface area contributed by atoms with Crippen LogP contribution in [-0.4, -0.2) is 32.1 Å². The van der Waals surface area contributed by atoms with E-state index in [9.17, 15) is 13.2 Å². The molecule has 1 amide bonds. The zero-order chi connectivity index (χ0) is 23.7. The van der Waals surface area contributed by atoms with Crippen LogP contribution in [0, 0.1) is 0 Å². The molecule has 0 unspecified atom stereocenters. The van der Waals surface area contributed by atoms with Gasteiger partial charge in [0.1, 0.15) is 0 Å². The molecule has 1 aliphatic heterocycles. The van der Waals surface area contributed by atoms with E-state index in [2.05, 4.69) is 10.0 Å². The highest BCUT2D eigenvalue weighted by Gasteiger charge is 2.19. The Morgan fingerprint density at radius 2 is 1.62 bits per heavy atom. The molecule has 3 aromatic carbocycles. The molecule has 34 heavy (non-hydrogen) atoms. The zero-order valence-electron chi connectivity index (χ0n) is 18.4. The quantitative estimate of drug-likeness (QED) is 0.444. The molecule has 0 fully saturated rings. The minimum Gasteiger partial charge on any atom is -0.490 e. The van der Waals surface area contributed by atoms with Crippen LogP contribution in [0.2, 0.25) is 0 Å². The molecule has 174 valence electrons. The minimum atomic E-state index is -3.83. The Labute approximate surface area is 197 Å². The number of nitrogens with one attached hydrogen (secondary N) is 2. The van der Waals surface area contributed by atoms with E-state index in [0.717, 1.165) is 17.3 Å². The Morgan fingerprint density at radius 1 is 0.912 bits per heavy atom. The molecule has 2 heterocycles. The molecule has 2 N–H and O–H groups in total. The second kappa shape index (κ2) is 8.75. The van der Waals surface area contributed by atoms with Gasteiger partial charge in [0.2, 0.25) is 0 Å². The summed E-state index contributed by atoms with van der Waals surface area (Å²) in [6.45, 7) is 0.997. The number of aromatic nitrogens is 1. The maximum absolute atomic E-state index is 12.9. The molecule has 0 atom stereocenters. The van der Waals surface area contributed by atoms with E-state index >= 15 is 0 Å². The number of rotatable bonds is 5. The number of hydrogen-bond acceptors (Lipinski definition) is 5. The number of amides is 1. The largest absolute Gasteiger partial charge is 0.490 e. The number of nitrogens with zero attached hydrogens (tertiary/aromatic N) is 1. The lowest BCUT2D eigenvalue weighted by Crippen LogP contribution is -2.14. The van der Waals surface area contributed by atoms with Crippen LogP contribution in [-0.2, 0) is 17.1 Å². The van der Waals surface area contributed by atoms with Crippen LogP contribution in [0.25, 0.3) is 10.9 Å². The molecule has 1 aromatic heterocycles. The third kappa shape index (κ3) is 4.29. The van der Waals surface area contributed by atoms with Crippen LogP contribution in [0.4, 0.5) is 11.4 Å². The van der Waals surface area contributed by atoms with Crippen molar-refractivity contribution in [3.8, 4) is 11.5 Å². The minimum absolute atomic E-state index is 0.0742. The second-order valence-electron chi connectivity index (χ2n) is 7.97. The number of carbonyl (C=O) groups is 1. The van der Waals surface area contributed by atoms with Crippen LogP contribution in [0.1, 0.15) is 16.8 Å². The summed E-state index contributed by atoms with van der Waals surface area (Å²) in [5.74, 6) is 0.701. The zero-order valence-corrected chi connectivity index (χ0v) is 19.3. The number of hydrogen-bond donors (Lipinski definition) is 2. The number of ether oxygens (including phenoxy) is 2. The first-order valence-electron chi connectivity index (χ1n) is 10.8. The maximum Gasteiger partial charge on any atom is 0.262 e. The van der Waals surface area contributed by atoms with Gasteiger partial charge in [-0.1, -0.05) is 18.2 Å². The van der Waals surface area contributed by atoms with Crippen molar-refractivity contribution in [3.05, 3.63) is 78.5 Å². The van der Waals surface area contributed by atoms with Crippen molar-refractivity contribution in [1.29, 1.82) is 0 Å². The summed E-state index contributed by atoms with van der Waals surface area (Å²) < 4.78 is 41.4. The molecule has 0 spiro atoms. The fourth-order valence-electron chi connectivity index (χ4n) is 3.87. The van der Waals surface area contributed by atoms with Gasteiger partial charge in [-0.25, -0.2) is 8.42 Å². The first-order chi connectivity index (χ1) is 16.4. The predicted octanol–water partition coefficient (Wildman–Crippen LogP) is 4.39. The molecule has 0 saturated heterocycles. The monoisotopic (exact) mass is 477 g/mol. The van der Waals surface area contributed by atoms with Gasteiger partial charge in [0.25, 0.3) is 15.9 Å². The summed E-state index contributed by atoms with van der Waals surface area (Å²) in [6.07, 6.45) is 2.52. The van der Waals surface area contributed by atoms with Crippen LogP contribution >= 0.6 is 0 Å². The van der Waals surface area contributed by atoms with Gasteiger partial charge >= 0.3 is 0 Å². The smallest absolute Gasteiger partial charge is 0.262 e. The van der Waals surface area contributed by atoms with E-state index in [1.165, 1.54) is 12.1 Å². The third-order valence-electron chi connectivity index (χ3n) is 5.57. The van der Waals surface area contributed by atoms with Gasteiger partial charge in [0.05, 0.1) is 23.7 Å². The molecule has 5 rings (SSSR count). The van der Waals surface area contributed by atoms with Crippen molar-refractivity contribution in [1.82, 2.24) is 4.57 Å². The van der Waals surface area contributed by atoms with Gasteiger partial charge in [-0.2, -0.15) is 0 Å². The highest BCUT2D eigenvalue weighted by atomic mass is 32.2. The van der Waals surface area contributed by atoms with Gasteiger partial charge in [0.15, 0.2) is 11.5 Å². The SMILES string of the molecule is Cn1cc(C(=O)Nc2ccc(NS(=O)(=O)c3ccc4c(c3)OCCCO4)cc2)c2ccccc21. The summed E-state index contributed by atoms with van der Waals surface area (Å²) >= 11 is 0. The van der Waals surface area contributed by atoms with E-state index in [0.29, 0.717) is 41.7 Å². The van der Waals surface area contributed by atoms with Crippen LogP contribution in [0.3, 0.4) is 0 Å². The van der Waals surface area contributed by atoms with Crippen molar-refractivity contribution in [2.45, 2.75) is 11.3 Å². The standard InChI is InChI=1S/C25H23N3O5S/c1-28-16-21(20-5-2-3-6-22(20)28)25(29)26-17-7-9-18(10-8-17)27-34(30,31)19-11-12-23-24(15-19)33-14-4-13-32-23/h2-3,5-12,15-16,27H,4,13-14H2,1H3,(H,26,29). The van der Waals surface area contributed by atoms with Crippen LogP contribution < -0.4 is 19.5 Å². The Morgan fingerprint density at radius 3 is 2.41 bits per heavy atom. The van der Waals surface area contributed by atoms with Gasteiger partial charge in [-0.15, -0.1) is 0 Å². The molecule has 0 aliphatic carbocycles. The highest BCUT2D eigenvalue weighted by molar-refractivity contribution is 7.92. The maximum atomic E-state index is 12.9. The molecule has 9 heteroatoms. The average molecular weight is 478 g/mol. The Bertz CT molecular complexity index is 1480. The highest BCUT2D eigenvalue weighted by Crippen LogP contribution is 2.32. The van der Waals surface area contributed by atoms with Gasteiger partial charge in [-0.05, 0) is 42.5 Å². The molecule has 4 aromatic rings. The summed E-state index contributed by atoms with van der Waals surface area (Å²) in [5, 5.41) is 3.73. The summed E-state index contributed by atoms with van der Waals surface area (Å²) in [5.41, 5.74) is 2.45.